The van der Waals surface area contributed by atoms with E-state index >= 15 is 0 Å². The highest BCUT2D eigenvalue weighted by molar-refractivity contribution is 8.77. The van der Waals surface area contributed by atoms with Gasteiger partial charge in [-0.25, -0.2) is 4.98 Å². The number of aromatic nitrogens is 1. The normalized spacial score (nSPS) is 10.7. The lowest BCUT2D eigenvalue weighted by Crippen LogP contribution is -1.79. The summed E-state index contributed by atoms with van der Waals surface area (Å²) in [5, 5.41) is 2.09. The first-order valence-electron chi connectivity index (χ1n) is 4.99. The molecule has 0 unspecified atom stereocenters. The molecule has 0 aliphatic carbocycles. The molecule has 4 heteroatoms. The van der Waals surface area contributed by atoms with Crippen molar-refractivity contribution in [3.63, 3.8) is 0 Å². The lowest BCUT2D eigenvalue weighted by Gasteiger charge is -2.04. The Morgan fingerprint density at radius 1 is 1.12 bits per heavy atom. The van der Waals surface area contributed by atoms with Crippen molar-refractivity contribution in [1.82, 2.24) is 4.98 Å². The van der Waals surface area contributed by atoms with Gasteiger partial charge in [0, 0.05) is 16.0 Å². The largest absolute Gasteiger partial charge is 0.234 e. The van der Waals surface area contributed by atoms with Crippen LogP contribution in [0, 0.1) is 20.8 Å². The second-order valence-corrected chi connectivity index (χ2v) is 6.97. The van der Waals surface area contributed by atoms with Crippen LogP contribution in [0.2, 0.25) is 0 Å². The van der Waals surface area contributed by atoms with Gasteiger partial charge in [-0.15, -0.1) is 11.3 Å². The van der Waals surface area contributed by atoms with E-state index in [0.29, 0.717) is 0 Å². The second-order valence-electron chi connectivity index (χ2n) is 3.69. The predicted octanol–water partition coefficient (Wildman–Crippen LogP) is 4.87. The fourth-order valence-corrected chi connectivity index (χ4v) is 4.64. The van der Waals surface area contributed by atoms with Crippen molar-refractivity contribution in [3.8, 4) is 0 Å². The number of hydrogen-bond donors (Lipinski definition) is 0. The standard InChI is InChI=1S/C12H13NS3/c1-8-4-5-9(2)11(6-8)15-16-12-13-10(3)7-14-12/h4-7H,1-3H3. The zero-order valence-electron chi connectivity index (χ0n) is 9.48. The Hall–Kier alpha value is -0.450. The molecule has 0 amide bonds. The molecule has 84 valence electrons. The highest BCUT2D eigenvalue weighted by Crippen LogP contribution is 2.40. The topological polar surface area (TPSA) is 12.9 Å². The van der Waals surface area contributed by atoms with Gasteiger partial charge in [-0.1, -0.05) is 12.1 Å². The van der Waals surface area contributed by atoms with E-state index in [1.165, 1.54) is 16.0 Å². The van der Waals surface area contributed by atoms with Crippen LogP contribution in [0.5, 0.6) is 0 Å². The van der Waals surface area contributed by atoms with Gasteiger partial charge in [-0.05, 0) is 59.6 Å². The molecule has 2 rings (SSSR count). The van der Waals surface area contributed by atoms with Gasteiger partial charge in [-0.3, -0.25) is 0 Å². The quantitative estimate of drug-likeness (QED) is 0.737. The molecule has 0 atom stereocenters. The molecule has 0 bridgehead atoms. The summed E-state index contributed by atoms with van der Waals surface area (Å²) in [5.41, 5.74) is 3.74. The van der Waals surface area contributed by atoms with Crippen LogP contribution in [0.3, 0.4) is 0 Å². The van der Waals surface area contributed by atoms with Gasteiger partial charge >= 0.3 is 0 Å². The fraction of sp³-hybridized carbons (Fsp3) is 0.250. The predicted molar refractivity (Wildman–Crippen MR) is 74.5 cm³/mol. The molecule has 1 nitrogen and oxygen atoms in total. The number of benzene rings is 1. The minimum absolute atomic E-state index is 1.11. The minimum atomic E-state index is 1.11. The highest BCUT2D eigenvalue weighted by atomic mass is 33.1. The molecule has 2 aromatic rings. The first-order valence-corrected chi connectivity index (χ1v) is 8.02. The third-order valence-corrected chi connectivity index (χ3v) is 5.95. The van der Waals surface area contributed by atoms with Crippen LogP contribution in [0.4, 0.5) is 0 Å². The van der Waals surface area contributed by atoms with Gasteiger partial charge in [0.2, 0.25) is 0 Å². The van der Waals surface area contributed by atoms with Crippen molar-refractivity contribution in [2.75, 3.05) is 0 Å². The van der Waals surface area contributed by atoms with Crippen LogP contribution in [0.15, 0.2) is 32.8 Å². The number of nitrogens with zero attached hydrogens (tertiary/aromatic N) is 1. The molecule has 0 saturated carbocycles. The average molecular weight is 267 g/mol. The Morgan fingerprint density at radius 2 is 1.94 bits per heavy atom. The highest BCUT2D eigenvalue weighted by Gasteiger charge is 2.04. The SMILES string of the molecule is Cc1ccc(C)c(SSc2nc(C)cs2)c1. The number of rotatable bonds is 3. The molecule has 0 N–H and O–H groups in total. The van der Waals surface area contributed by atoms with Gasteiger partial charge in [0.15, 0.2) is 4.34 Å². The molecule has 0 aliphatic heterocycles. The van der Waals surface area contributed by atoms with E-state index in [0.717, 1.165) is 10.0 Å². The van der Waals surface area contributed by atoms with Crippen molar-refractivity contribution in [2.45, 2.75) is 30.0 Å². The molecule has 0 spiro atoms. The smallest absolute Gasteiger partial charge is 0.161 e. The first-order chi connectivity index (χ1) is 7.65. The monoisotopic (exact) mass is 267 g/mol. The van der Waals surface area contributed by atoms with Gasteiger partial charge in [0.25, 0.3) is 0 Å². The number of aryl methyl sites for hydroxylation is 3. The van der Waals surface area contributed by atoms with Crippen LogP contribution in [-0.2, 0) is 0 Å². The van der Waals surface area contributed by atoms with E-state index < -0.39 is 0 Å². The van der Waals surface area contributed by atoms with Crippen molar-refractivity contribution in [3.05, 3.63) is 40.4 Å². The zero-order valence-corrected chi connectivity index (χ0v) is 11.9. The Balaban J connectivity index is 2.07. The van der Waals surface area contributed by atoms with Crippen molar-refractivity contribution in [2.24, 2.45) is 0 Å². The van der Waals surface area contributed by atoms with Crippen LogP contribution < -0.4 is 0 Å². The number of thiazole rings is 1. The lowest BCUT2D eigenvalue weighted by molar-refractivity contribution is 1.16. The molecule has 0 saturated heterocycles. The van der Waals surface area contributed by atoms with Gasteiger partial charge in [0.05, 0.1) is 0 Å². The lowest BCUT2D eigenvalue weighted by atomic mass is 10.2. The molecular formula is C12H13NS3. The molecule has 1 aromatic carbocycles. The van der Waals surface area contributed by atoms with Crippen LogP contribution in [-0.4, -0.2) is 4.98 Å². The van der Waals surface area contributed by atoms with Crippen molar-refractivity contribution < 1.29 is 0 Å². The van der Waals surface area contributed by atoms with Crippen molar-refractivity contribution in [1.29, 1.82) is 0 Å². The van der Waals surface area contributed by atoms with E-state index in [4.69, 9.17) is 0 Å². The van der Waals surface area contributed by atoms with E-state index in [1.807, 2.05) is 6.92 Å². The van der Waals surface area contributed by atoms with Crippen molar-refractivity contribution >= 4 is 32.9 Å². The third-order valence-electron chi connectivity index (χ3n) is 2.14. The number of hydrogen-bond acceptors (Lipinski definition) is 4. The Labute approximate surface area is 108 Å². The minimum Gasteiger partial charge on any atom is -0.234 e. The van der Waals surface area contributed by atoms with Gasteiger partial charge in [-0.2, -0.15) is 0 Å². The van der Waals surface area contributed by atoms with E-state index in [2.05, 4.69) is 42.4 Å². The Morgan fingerprint density at radius 3 is 2.62 bits per heavy atom. The summed E-state index contributed by atoms with van der Waals surface area (Å²) in [4.78, 5) is 5.77. The molecule has 1 heterocycles. The molecule has 0 radical (unpaired) electrons. The van der Waals surface area contributed by atoms with Crippen LogP contribution in [0.25, 0.3) is 0 Å². The summed E-state index contributed by atoms with van der Waals surface area (Å²) >= 11 is 1.71. The maximum atomic E-state index is 4.44. The van der Waals surface area contributed by atoms with Gasteiger partial charge in [0.1, 0.15) is 0 Å². The molecule has 0 fully saturated rings. The summed E-state index contributed by atoms with van der Waals surface area (Å²) in [6, 6.07) is 6.55. The summed E-state index contributed by atoms with van der Waals surface area (Å²) in [5.74, 6) is 0. The molecule has 0 aliphatic rings. The Bertz CT molecular complexity index is 491. The third kappa shape index (κ3) is 3.03. The second kappa shape index (κ2) is 5.25. The summed E-state index contributed by atoms with van der Waals surface area (Å²) in [7, 11) is 3.53. The molecular weight excluding hydrogens is 254 g/mol. The maximum Gasteiger partial charge on any atom is 0.161 e. The Kier molecular flexibility index (Phi) is 3.95. The average Bonchev–Trinajstić information content (AvgIpc) is 2.66. The van der Waals surface area contributed by atoms with Crippen LogP contribution in [0.1, 0.15) is 16.8 Å². The fourth-order valence-electron chi connectivity index (χ4n) is 1.25. The summed E-state index contributed by atoms with van der Waals surface area (Å²) in [6.45, 7) is 6.31. The van der Waals surface area contributed by atoms with Crippen LogP contribution >= 0.6 is 32.9 Å². The summed E-state index contributed by atoms with van der Waals surface area (Å²) in [6.07, 6.45) is 0. The summed E-state index contributed by atoms with van der Waals surface area (Å²) < 4.78 is 1.13. The first kappa shape index (κ1) is 12.0. The zero-order chi connectivity index (χ0) is 11.5. The van der Waals surface area contributed by atoms with E-state index in [-0.39, 0.29) is 0 Å². The molecule has 16 heavy (non-hydrogen) atoms. The maximum absolute atomic E-state index is 4.44. The van der Waals surface area contributed by atoms with E-state index in [9.17, 15) is 0 Å². The van der Waals surface area contributed by atoms with E-state index in [1.54, 1.807) is 32.9 Å². The van der Waals surface area contributed by atoms with Gasteiger partial charge < -0.3 is 0 Å². The molecule has 1 aromatic heterocycles.